The summed E-state index contributed by atoms with van der Waals surface area (Å²) in [5.74, 6) is 7.57. The van der Waals surface area contributed by atoms with Crippen molar-refractivity contribution < 1.29 is 4.52 Å². The normalized spacial score (nSPS) is 12.7. The second-order valence-electron chi connectivity index (χ2n) is 5.59. The zero-order chi connectivity index (χ0) is 16.4. The first-order valence-electron chi connectivity index (χ1n) is 7.44. The average Bonchev–Trinajstić information content (AvgIpc) is 3.16. The minimum absolute atomic E-state index is 0.0247. The Balaban J connectivity index is 1.78. The van der Waals surface area contributed by atoms with Crippen LogP contribution < -0.4 is 5.84 Å². The fraction of sp³-hybridized carbons (Fsp3) is 0.312. The van der Waals surface area contributed by atoms with Crippen LogP contribution in [-0.2, 0) is 0 Å². The second kappa shape index (κ2) is 6.45. The second-order valence-corrected chi connectivity index (χ2v) is 6.90. The fourth-order valence-electron chi connectivity index (χ4n) is 2.07. The van der Waals surface area contributed by atoms with Crippen molar-refractivity contribution in [3.63, 3.8) is 0 Å². The van der Waals surface area contributed by atoms with Gasteiger partial charge in [0, 0.05) is 11.5 Å². The molecule has 0 fully saturated rings. The molecule has 0 aliphatic rings. The lowest BCUT2D eigenvalue weighted by Gasteiger charge is -2.05. The van der Waals surface area contributed by atoms with Gasteiger partial charge in [0.15, 0.2) is 11.0 Å². The van der Waals surface area contributed by atoms with Gasteiger partial charge in [0.2, 0.25) is 5.89 Å². The Bertz CT molecular complexity index is 781. The monoisotopic (exact) mass is 329 g/mol. The van der Waals surface area contributed by atoms with Crippen molar-refractivity contribution >= 4 is 11.8 Å². The number of benzene rings is 1. The van der Waals surface area contributed by atoms with Crippen molar-refractivity contribution in [2.45, 2.75) is 37.1 Å². The van der Waals surface area contributed by atoms with Crippen molar-refractivity contribution in [1.82, 2.24) is 19.8 Å². The molecule has 3 rings (SSSR count). The molecule has 2 heterocycles. The third-order valence-corrected chi connectivity index (χ3v) is 4.44. The van der Waals surface area contributed by atoms with Gasteiger partial charge in [-0.25, -0.2) is 9.66 Å². The van der Waals surface area contributed by atoms with E-state index in [1.165, 1.54) is 16.4 Å². The number of rotatable bonds is 5. The summed E-state index contributed by atoms with van der Waals surface area (Å²) in [6, 6.07) is 9.95. The molecule has 1 unspecified atom stereocenters. The van der Waals surface area contributed by atoms with Crippen LogP contribution >= 0.6 is 11.8 Å². The average molecular weight is 329 g/mol. The summed E-state index contributed by atoms with van der Waals surface area (Å²) in [6.45, 7) is 6.06. The molecule has 0 saturated carbocycles. The Labute approximate surface area is 139 Å². The molecule has 1 atom stereocenters. The van der Waals surface area contributed by atoms with Crippen molar-refractivity contribution in [1.29, 1.82) is 0 Å². The summed E-state index contributed by atoms with van der Waals surface area (Å²) in [5, 5.41) is 4.68. The van der Waals surface area contributed by atoms with Gasteiger partial charge in [-0.1, -0.05) is 61.1 Å². The SMILES string of the molecule is CC(C)c1noc(C(C)Sc2nc(-c3ccccc3)cn2N)n1. The molecule has 0 radical (unpaired) electrons. The molecule has 6 nitrogen and oxygen atoms in total. The standard InChI is InChI=1S/C16H19N5OS/c1-10(2)14-19-15(22-20-14)11(3)23-16-18-13(9-21(16)17)12-7-5-4-6-8-12/h4-11H,17H2,1-3H3. The quantitative estimate of drug-likeness (QED) is 0.568. The Morgan fingerprint density at radius 2 is 1.87 bits per heavy atom. The zero-order valence-corrected chi connectivity index (χ0v) is 14.1. The number of nitrogens with zero attached hydrogens (tertiary/aromatic N) is 4. The molecule has 0 bridgehead atoms. The molecule has 0 spiro atoms. The molecule has 0 saturated heterocycles. The van der Waals surface area contributed by atoms with Gasteiger partial charge in [0.1, 0.15) is 0 Å². The summed E-state index contributed by atoms with van der Waals surface area (Å²) in [4.78, 5) is 9.02. The summed E-state index contributed by atoms with van der Waals surface area (Å²) in [7, 11) is 0. The van der Waals surface area contributed by atoms with Crippen LogP contribution in [0.5, 0.6) is 0 Å². The molecule has 0 aliphatic heterocycles. The number of thioether (sulfide) groups is 1. The number of imidazole rings is 1. The van der Waals surface area contributed by atoms with Crippen LogP contribution in [0.3, 0.4) is 0 Å². The minimum atomic E-state index is -0.0247. The van der Waals surface area contributed by atoms with Crippen LogP contribution in [0, 0.1) is 0 Å². The van der Waals surface area contributed by atoms with Crippen LogP contribution in [0.25, 0.3) is 11.3 Å². The van der Waals surface area contributed by atoms with Crippen LogP contribution in [0.4, 0.5) is 0 Å². The maximum absolute atomic E-state index is 6.03. The van der Waals surface area contributed by atoms with E-state index >= 15 is 0 Å². The lowest BCUT2D eigenvalue weighted by Crippen LogP contribution is -2.08. The molecule has 0 amide bonds. The van der Waals surface area contributed by atoms with Crippen LogP contribution in [0.15, 0.2) is 46.2 Å². The maximum Gasteiger partial charge on any atom is 0.239 e. The van der Waals surface area contributed by atoms with E-state index in [1.807, 2.05) is 57.3 Å². The van der Waals surface area contributed by atoms with E-state index in [0.29, 0.717) is 16.9 Å². The highest BCUT2D eigenvalue weighted by Gasteiger charge is 2.20. The van der Waals surface area contributed by atoms with Gasteiger partial charge < -0.3 is 10.4 Å². The molecule has 120 valence electrons. The summed E-state index contributed by atoms with van der Waals surface area (Å²) in [6.07, 6.45) is 1.82. The van der Waals surface area contributed by atoms with Gasteiger partial charge in [-0.2, -0.15) is 4.98 Å². The summed E-state index contributed by atoms with van der Waals surface area (Å²) in [5.41, 5.74) is 1.88. The molecule has 3 aromatic rings. The van der Waals surface area contributed by atoms with Gasteiger partial charge >= 0.3 is 0 Å². The summed E-state index contributed by atoms with van der Waals surface area (Å²) >= 11 is 1.49. The first kappa shape index (κ1) is 15.6. The number of hydrogen-bond donors (Lipinski definition) is 1. The van der Waals surface area contributed by atoms with Crippen molar-refractivity contribution in [3.8, 4) is 11.3 Å². The van der Waals surface area contributed by atoms with Crippen molar-refractivity contribution in [2.24, 2.45) is 0 Å². The minimum Gasteiger partial charge on any atom is -0.338 e. The van der Waals surface area contributed by atoms with Crippen molar-refractivity contribution in [2.75, 3.05) is 5.84 Å². The summed E-state index contributed by atoms with van der Waals surface area (Å²) < 4.78 is 6.86. The maximum atomic E-state index is 6.03. The first-order chi connectivity index (χ1) is 11.0. The van der Waals surface area contributed by atoms with E-state index < -0.39 is 0 Å². The van der Waals surface area contributed by atoms with Gasteiger partial charge in [0.05, 0.1) is 17.1 Å². The topological polar surface area (TPSA) is 82.8 Å². The Kier molecular flexibility index (Phi) is 4.38. The largest absolute Gasteiger partial charge is 0.338 e. The van der Waals surface area contributed by atoms with Gasteiger partial charge in [-0.05, 0) is 6.92 Å². The molecule has 23 heavy (non-hydrogen) atoms. The number of aromatic nitrogens is 4. The molecular weight excluding hydrogens is 310 g/mol. The molecule has 0 aliphatic carbocycles. The van der Waals surface area contributed by atoms with Crippen LogP contribution in [0.2, 0.25) is 0 Å². The Morgan fingerprint density at radius 1 is 1.13 bits per heavy atom. The van der Waals surface area contributed by atoms with E-state index in [-0.39, 0.29) is 11.2 Å². The van der Waals surface area contributed by atoms with Gasteiger partial charge in [-0.15, -0.1) is 0 Å². The smallest absolute Gasteiger partial charge is 0.239 e. The molecule has 2 aromatic heterocycles. The highest BCUT2D eigenvalue weighted by molar-refractivity contribution is 7.99. The third-order valence-electron chi connectivity index (χ3n) is 3.37. The zero-order valence-electron chi connectivity index (χ0n) is 13.3. The lowest BCUT2D eigenvalue weighted by molar-refractivity contribution is 0.373. The van der Waals surface area contributed by atoms with Gasteiger partial charge in [-0.3, -0.25) is 0 Å². The molecule has 1 aromatic carbocycles. The predicted molar refractivity (Wildman–Crippen MR) is 90.5 cm³/mol. The third kappa shape index (κ3) is 3.39. The predicted octanol–water partition coefficient (Wildman–Crippen LogP) is 3.62. The number of hydrogen-bond acceptors (Lipinski definition) is 6. The number of nitrogen functional groups attached to an aromatic ring is 1. The van der Waals surface area contributed by atoms with E-state index in [2.05, 4.69) is 15.1 Å². The Morgan fingerprint density at radius 3 is 2.52 bits per heavy atom. The first-order valence-corrected chi connectivity index (χ1v) is 8.32. The molecule has 7 heteroatoms. The van der Waals surface area contributed by atoms with E-state index in [9.17, 15) is 0 Å². The van der Waals surface area contributed by atoms with Crippen LogP contribution in [-0.4, -0.2) is 19.8 Å². The Hall–Kier alpha value is -2.28. The van der Waals surface area contributed by atoms with E-state index in [0.717, 1.165) is 11.3 Å². The molecular formula is C16H19N5OS. The lowest BCUT2D eigenvalue weighted by atomic mass is 10.2. The highest BCUT2D eigenvalue weighted by atomic mass is 32.2. The fourth-order valence-corrected chi connectivity index (χ4v) is 2.91. The van der Waals surface area contributed by atoms with Gasteiger partial charge in [0.25, 0.3) is 0 Å². The van der Waals surface area contributed by atoms with Crippen molar-refractivity contribution in [3.05, 3.63) is 48.2 Å². The molecule has 2 N–H and O–H groups in total. The van der Waals surface area contributed by atoms with E-state index in [4.69, 9.17) is 10.4 Å². The highest BCUT2D eigenvalue weighted by Crippen LogP contribution is 2.34. The number of nitrogens with two attached hydrogens (primary N) is 1. The van der Waals surface area contributed by atoms with E-state index in [1.54, 1.807) is 0 Å². The van der Waals surface area contributed by atoms with Crippen LogP contribution in [0.1, 0.15) is 43.7 Å².